The highest BCUT2D eigenvalue weighted by atomic mass is 19.1. The van der Waals surface area contributed by atoms with Crippen LogP contribution in [0.2, 0.25) is 0 Å². The molecule has 7 heteroatoms. The van der Waals surface area contributed by atoms with Gasteiger partial charge in [-0.05, 0) is 30.3 Å². The van der Waals surface area contributed by atoms with Crippen LogP contribution in [0.5, 0.6) is 0 Å². The molecular weight excluding hydrogens is 295 g/mol. The van der Waals surface area contributed by atoms with Crippen molar-refractivity contribution >= 4 is 5.82 Å². The van der Waals surface area contributed by atoms with Crippen LogP contribution in [0.4, 0.5) is 10.2 Å². The first-order chi connectivity index (χ1) is 11.3. The zero-order valence-corrected chi connectivity index (χ0v) is 12.1. The standard InChI is InChI=1S/C16H13FN6/c17-12-1-3-14(4-2-12)23-10-6-13(22-23)5-7-20-16-15(11-18)19-8-9-21-16/h1-4,6,8-10H,5,7H2,(H,20,21). The van der Waals surface area contributed by atoms with Crippen LogP contribution in [0.15, 0.2) is 48.9 Å². The Morgan fingerprint density at radius 2 is 1.91 bits per heavy atom. The Balaban J connectivity index is 1.61. The molecule has 2 heterocycles. The summed E-state index contributed by atoms with van der Waals surface area (Å²) in [5.74, 6) is 0.190. The number of hydrogen-bond acceptors (Lipinski definition) is 5. The lowest BCUT2D eigenvalue weighted by molar-refractivity contribution is 0.627. The number of rotatable bonds is 5. The fourth-order valence-corrected chi connectivity index (χ4v) is 2.09. The summed E-state index contributed by atoms with van der Waals surface area (Å²) in [5.41, 5.74) is 1.94. The second-order valence-electron chi connectivity index (χ2n) is 4.77. The Labute approximate surface area is 132 Å². The topological polar surface area (TPSA) is 79.4 Å². The summed E-state index contributed by atoms with van der Waals surface area (Å²) in [6, 6.07) is 10.0. The summed E-state index contributed by atoms with van der Waals surface area (Å²) in [7, 11) is 0. The maximum absolute atomic E-state index is 12.9. The van der Waals surface area contributed by atoms with Crippen molar-refractivity contribution in [1.29, 1.82) is 5.26 Å². The summed E-state index contributed by atoms with van der Waals surface area (Å²) in [6.45, 7) is 0.577. The highest BCUT2D eigenvalue weighted by Crippen LogP contribution is 2.10. The van der Waals surface area contributed by atoms with E-state index in [1.54, 1.807) is 16.8 Å². The summed E-state index contributed by atoms with van der Waals surface area (Å²) in [4.78, 5) is 8.02. The van der Waals surface area contributed by atoms with Gasteiger partial charge in [-0.25, -0.2) is 19.0 Å². The lowest BCUT2D eigenvalue weighted by Crippen LogP contribution is -2.09. The van der Waals surface area contributed by atoms with Gasteiger partial charge in [0.2, 0.25) is 0 Å². The van der Waals surface area contributed by atoms with Crippen LogP contribution in [0.1, 0.15) is 11.4 Å². The van der Waals surface area contributed by atoms with Crippen molar-refractivity contribution in [3.05, 3.63) is 66.1 Å². The molecule has 114 valence electrons. The molecule has 0 aliphatic carbocycles. The number of nitriles is 1. The Hall–Kier alpha value is -3.27. The predicted octanol–water partition coefficient (Wildman–Crippen LogP) is 2.33. The number of hydrogen-bond donors (Lipinski definition) is 1. The van der Waals surface area contributed by atoms with Gasteiger partial charge in [-0.2, -0.15) is 10.4 Å². The molecule has 0 atom stereocenters. The zero-order valence-electron chi connectivity index (χ0n) is 12.1. The van der Waals surface area contributed by atoms with Crippen LogP contribution in [-0.4, -0.2) is 26.3 Å². The number of halogens is 1. The van der Waals surface area contributed by atoms with Crippen LogP contribution >= 0.6 is 0 Å². The van der Waals surface area contributed by atoms with Crippen molar-refractivity contribution in [3.8, 4) is 11.8 Å². The van der Waals surface area contributed by atoms with Gasteiger partial charge in [0, 0.05) is 31.6 Å². The summed E-state index contributed by atoms with van der Waals surface area (Å²) >= 11 is 0. The van der Waals surface area contributed by atoms with E-state index in [0.717, 1.165) is 11.4 Å². The Morgan fingerprint density at radius 3 is 2.70 bits per heavy atom. The van der Waals surface area contributed by atoms with E-state index in [-0.39, 0.29) is 11.5 Å². The van der Waals surface area contributed by atoms with Gasteiger partial charge in [0.15, 0.2) is 11.5 Å². The van der Waals surface area contributed by atoms with Crippen LogP contribution in [0, 0.1) is 17.1 Å². The molecule has 1 N–H and O–H groups in total. The predicted molar refractivity (Wildman–Crippen MR) is 82.5 cm³/mol. The van der Waals surface area contributed by atoms with Gasteiger partial charge in [-0.1, -0.05) is 0 Å². The molecule has 6 nitrogen and oxygen atoms in total. The third-order valence-electron chi connectivity index (χ3n) is 3.21. The van der Waals surface area contributed by atoms with E-state index in [0.29, 0.717) is 18.8 Å². The van der Waals surface area contributed by atoms with Crippen LogP contribution in [-0.2, 0) is 6.42 Å². The largest absolute Gasteiger partial charge is 0.367 e. The minimum atomic E-state index is -0.275. The first-order valence-corrected chi connectivity index (χ1v) is 7.02. The third kappa shape index (κ3) is 3.49. The summed E-state index contributed by atoms with van der Waals surface area (Å²) in [5, 5.41) is 16.5. The van der Waals surface area contributed by atoms with E-state index in [1.165, 1.54) is 24.5 Å². The molecule has 23 heavy (non-hydrogen) atoms. The van der Waals surface area contributed by atoms with Gasteiger partial charge < -0.3 is 5.32 Å². The molecule has 0 radical (unpaired) electrons. The van der Waals surface area contributed by atoms with Gasteiger partial charge in [0.1, 0.15) is 11.9 Å². The molecular formula is C16H13FN6. The third-order valence-corrected chi connectivity index (χ3v) is 3.21. The molecule has 3 aromatic rings. The van der Waals surface area contributed by atoms with Gasteiger partial charge in [-0.3, -0.25) is 0 Å². The Bertz CT molecular complexity index is 834. The summed E-state index contributed by atoms with van der Waals surface area (Å²) < 4.78 is 14.6. The maximum atomic E-state index is 12.9. The van der Waals surface area contributed by atoms with E-state index < -0.39 is 0 Å². The van der Waals surface area contributed by atoms with Gasteiger partial charge in [0.25, 0.3) is 0 Å². The molecule has 0 unspecified atom stereocenters. The molecule has 0 fully saturated rings. The highest BCUT2D eigenvalue weighted by Gasteiger charge is 2.05. The minimum absolute atomic E-state index is 0.268. The van der Waals surface area contributed by atoms with Crippen LogP contribution < -0.4 is 5.32 Å². The van der Waals surface area contributed by atoms with E-state index >= 15 is 0 Å². The monoisotopic (exact) mass is 308 g/mol. The van der Waals surface area contributed by atoms with Crippen molar-refractivity contribution in [2.24, 2.45) is 0 Å². The molecule has 3 rings (SSSR count). The smallest absolute Gasteiger partial charge is 0.182 e. The average molecular weight is 308 g/mol. The van der Waals surface area contributed by atoms with E-state index in [4.69, 9.17) is 5.26 Å². The SMILES string of the molecule is N#Cc1nccnc1NCCc1ccn(-c2ccc(F)cc2)n1. The lowest BCUT2D eigenvalue weighted by Gasteiger charge is -2.04. The molecule has 2 aromatic heterocycles. The normalized spacial score (nSPS) is 10.3. The van der Waals surface area contributed by atoms with E-state index in [1.807, 2.05) is 18.3 Å². The molecule has 0 amide bonds. The van der Waals surface area contributed by atoms with Crippen molar-refractivity contribution in [2.45, 2.75) is 6.42 Å². The van der Waals surface area contributed by atoms with Crippen LogP contribution in [0.25, 0.3) is 5.69 Å². The summed E-state index contributed by atoms with van der Waals surface area (Å²) in [6.07, 6.45) is 5.50. The quantitative estimate of drug-likeness (QED) is 0.782. The van der Waals surface area contributed by atoms with Crippen molar-refractivity contribution in [3.63, 3.8) is 0 Å². The second-order valence-corrected chi connectivity index (χ2v) is 4.77. The van der Waals surface area contributed by atoms with E-state index in [2.05, 4.69) is 20.4 Å². The fourth-order valence-electron chi connectivity index (χ4n) is 2.09. The molecule has 0 spiro atoms. The lowest BCUT2D eigenvalue weighted by atomic mass is 10.3. The minimum Gasteiger partial charge on any atom is -0.367 e. The first-order valence-electron chi connectivity index (χ1n) is 7.02. The fraction of sp³-hybridized carbons (Fsp3) is 0.125. The van der Waals surface area contributed by atoms with Crippen molar-refractivity contribution in [1.82, 2.24) is 19.7 Å². The van der Waals surface area contributed by atoms with Gasteiger partial charge >= 0.3 is 0 Å². The first kappa shape index (κ1) is 14.7. The molecule has 0 saturated heterocycles. The van der Waals surface area contributed by atoms with E-state index in [9.17, 15) is 4.39 Å². The molecule has 0 aliphatic rings. The van der Waals surface area contributed by atoms with Crippen molar-refractivity contribution < 1.29 is 4.39 Å². The average Bonchev–Trinajstić information content (AvgIpc) is 3.05. The number of aromatic nitrogens is 4. The second kappa shape index (κ2) is 6.66. The van der Waals surface area contributed by atoms with Crippen molar-refractivity contribution in [2.75, 3.05) is 11.9 Å². The molecule has 1 aromatic carbocycles. The maximum Gasteiger partial charge on any atom is 0.182 e. The van der Waals surface area contributed by atoms with Crippen LogP contribution in [0.3, 0.4) is 0 Å². The zero-order chi connectivity index (χ0) is 16.1. The molecule has 0 aliphatic heterocycles. The Morgan fingerprint density at radius 1 is 1.13 bits per heavy atom. The number of nitrogens with one attached hydrogen (secondary N) is 1. The molecule has 0 saturated carbocycles. The highest BCUT2D eigenvalue weighted by molar-refractivity contribution is 5.46. The number of anilines is 1. The number of nitrogens with zero attached hydrogens (tertiary/aromatic N) is 5. The Kier molecular flexibility index (Phi) is 4.25. The van der Waals surface area contributed by atoms with Gasteiger partial charge in [0.05, 0.1) is 11.4 Å². The number of benzene rings is 1. The molecule has 0 bridgehead atoms. The van der Waals surface area contributed by atoms with Gasteiger partial charge in [-0.15, -0.1) is 0 Å².